The minimum Gasteiger partial charge on any atom is -0.475 e. The number of pyridine rings is 1. The highest BCUT2D eigenvalue weighted by Crippen LogP contribution is 2.36. The van der Waals surface area contributed by atoms with Crippen LogP contribution < -0.4 is 0 Å². The van der Waals surface area contributed by atoms with E-state index in [0.29, 0.717) is 6.61 Å². The average Bonchev–Trinajstić information content (AvgIpc) is 3.21. The molecule has 2 N–H and O–H groups in total. The summed E-state index contributed by atoms with van der Waals surface area (Å²) in [6, 6.07) is 4.01. The Morgan fingerprint density at radius 1 is 1.18 bits per heavy atom. The molecule has 38 heavy (non-hydrogen) atoms. The highest BCUT2D eigenvalue weighted by Gasteiger charge is 2.47. The van der Waals surface area contributed by atoms with Crippen molar-refractivity contribution in [3.8, 4) is 0 Å². The molecule has 9 nitrogen and oxygen atoms in total. The minimum atomic E-state index is -5.08. The van der Waals surface area contributed by atoms with Crippen LogP contribution in [0.2, 0.25) is 0 Å². The number of carboxylic acids is 2. The van der Waals surface area contributed by atoms with E-state index in [-0.39, 0.29) is 11.7 Å². The summed E-state index contributed by atoms with van der Waals surface area (Å²) >= 11 is 1.74. The number of aryl methyl sites for hydroxylation is 1. The van der Waals surface area contributed by atoms with E-state index in [4.69, 9.17) is 29.3 Å². The molecule has 212 valence electrons. The molecule has 2 aliphatic heterocycles. The van der Waals surface area contributed by atoms with Gasteiger partial charge in [-0.05, 0) is 25.0 Å². The molecule has 2 aromatic rings. The van der Waals surface area contributed by atoms with Crippen LogP contribution in [0.4, 0.5) is 26.3 Å². The first-order chi connectivity index (χ1) is 17.6. The zero-order chi connectivity index (χ0) is 28.6. The molecule has 0 bridgehead atoms. The molecule has 16 heteroatoms. The van der Waals surface area contributed by atoms with Crippen molar-refractivity contribution in [3.05, 3.63) is 46.2 Å². The number of thiazole rings is 1. The zero-order valence-electron chi connectivity index (χ0n) is 20.0. The Morgan fingerprint density at radius 2 is 1.79 bits per heavy atom. The summed E-state index contributed by atoms with van der Waals surface area (Å²) in [5, 5.41) is 14.2. The predicted molar refractivity (Wildman–Crippen MR) is 120 cm³/mol. The molecule has 2 aromatic heterocycles. The fraction of sp³-hybridized carbons (Fsp3) is 0.545. The Hall–Kier alpha value is -2.82. The number of alkyl halides is 6. The number of nitrogens with zero attached hydrogens (tertiary/aromatic N) is 3. The third-order valence-corrected chi connectivity index (χ3v) is 6.30. The number of hydrogen-bond acceptors (Lipinski definition) is 8. The molecule has 4 rings (SSSR count). The van der Waals surface area contributed by atoms with Crippen LogP contribution in [0.5, 0.6) is 0 Å². The lowest BCUT2D eigenvalue weighted by molar-refractivity contribution is -0.200. The number of hydrogen-bond donors (Lipinski definition) is 2. The summed E-state index contributed by atoms with van der Waals surface area (Å²) in [5.41, 5.74) is 4.22. The van der Waals surface area contributed by atoms with Gasteiger partial charge in [0.1, 0.15) is 0 Å². The van der Waals surface area contributed by atoms with E-state index < -0.39 is 24.3 Å². The van der Waals surface area contributed by atoms with E-state index in [1.54, 1.807) is 17.5 Å². The molecule has 0 radical (unpaired) electrons. The number of likely N-dealkylation sites (tertiary alicyclic amines) is 1. The lowest BCUT2D eigenvalue weighted by Gasteiger charge is -2.53. The lowest BCUT2D eigenvalue weighted by Crippen LogP contribution is -2.65. The second-order valence-corrected chi connectivity index (χ2v) is 9.37. The third-order valence-electron chi connectivity index (χ3n) is 5.38. The van der Waals surface area contributed by atoms with E-state index in [9.17, 15) is 26.3 Å². The molecule has 0 saturated carbocycles. The molecule has 4 heterocycles. The van der Waals surface area contributed by atoms with E-state index in [1.807, 2.05) is 17.8 Å². The number of ether oxygens (including phenoxy) is 2. The summed E-state index contributed by atoms with van der Waals surface area (Å²) in [7, 11) is 0. The summed E-state index contributed by atoms with van der Waals surface area (Å²) in [6.45, 7) is 6.50. The Labute approximate surface area is 217 Å². The highest BCUT2D eigenvalue weighted by molar-refractivity contribution is 7.09. The van der Waals surface area contributed by atoms with Gasteiger partial charge in [0.2, 0.25) is 0 Å². The maximum atomic E-state index is 10.6. The van der Waals surface area contributed by atoms with Crippen molar-refractivity contribution in [1.82, 2.24) is 14.9 Å². The Kier molecular flexibility index (Phi) is 11.0. The van der Waals surface area contributed by atoms with Gasteiger partial charge in [-0.2, -0.15) is 26.3 Å². The van der Waals surface area contributed by atoms with Crippen LogP contribution in [0.15, 0.2) is 30.0 Å². The summed E-state index contributed by atoms with van der Waals surface area (Å²) in [5.74, 6) is -5.51. The van der Waals surface area contributed by atoms with Gasteiger partial charge in [0.15, 0.2) is 0 Å². The number of carboxylic acid groups (broad SMARTS) is 2. The second-order valence-electron chi connectivity index (χ2n) is 8.43. The second kappa shape index (κ2) is 13.3. The van der Waals surface area contributed by atoms with Crippen molar-refractivity contribution in [1.29, 1.82) is 0 Å². The van der Waals surface area contributed by atoms with Gasteiger partial charge in [-0.25, -0.2) is 14.6 Å². The SMILES string of the molecule is Cc1ncsc1CN1CC2(CC(OCc3cccnc3)CCO2)C1.O=C(O)C(F)(F)F.O=C(O)C(F)(F)F. The van der Waals surface area contributed by atoms with Crippen molar-refractivity contribution in [2.75, 3.05) is 19.7 Å². The summed E-state index contributed by atoms with van der Waals surface area (Å²) < 4.78 is 75.7. The minimum absolute atomic E-state index is 0.00352. The first-order valence-corrected chi connectivity index (χ1v) is 11.9. The van der Waals surface area contributed by atoms with Gasteiger partial charge in [0, 0.05) is 49.9 Å². The van der Waals surface area contributed by atoms with Crippen molar-refractivity contribution in [2.24, 2.45) is 0 Å². The van der Waals surface area contributed by atoms with Gasteiger partial charge in [-0.1, -0.05) is 6.07 Å². The van der Waals surface area contributed by atoms with E-state index >= 15 is 0 Å². The molecule has 2 aliphatic rings. The van der Waals surface area contributed by atoms with Crippen molar-refractivity contribution in [3.63, 3.8) is 0 Å². The Bertz CT molecular complexity index is 1020. The maximum absolute atomic E-state index is 10.6. The molecule has 1 unspecified atom stereocenters. The van der Waals surface area contributed by atoms with Gasteiger partial charge in [-0.3, -0.25) is 9.88 Å². The standard InChI is InChI=1S/C18H23N3O2S.2C2HF3O2/c1-14-17(24-13-20-14)9-21-11-18(12-21)7-16(4-6-23-18)22-10-15-3-2-5-19-8-15;2*3-2(4,5)1(6)7/h2-3,5,8,13,16H,4,6-7,9-12H2,1H3;2*(H,6,7). The van der Waals surface area contributed by atoms with Crippen molar-refractivity contribution >= 4 is 23.3 Å². The Balaban J connectivity index is 0.000000301. The molecule has 0 aromatic carbocycles. The van der Waals surface area contributed by atoms with Crippen molar-refractivity contribution in [2.45, 2.75) is 57.0 Å². The zero-order valence-corrected chi connectivity index (χ0v) is 20.8. The number of aromatic nitrogens is 2. The monoisotopic (exact) mass is 573 g/mol. The molecule has 1 spiro atoms. The fourth-order valence-corrected chi connectivity index (χ4v) is 4.42. The quantitative estimate of drug-likeness (QED) is 0.510. The lowest BCUT2D eigenvalue weighted by atomic mass is 9.84. The summed E-state index contributed by atoms with van der Waals surface area (Å²) in [6.07, 6.45) is -4.24. The first-order valence-electron chi connectivity index (χ1n) is 11.0. The van der Waals surface area contributed by atoms with Crippen LogP contribution in [-0.2, 0) is 32.2 Å². The number of rotatable bonds is 5. The molecule has 0 aliphatic carbocycles. The largest absolute Gasteiger partial charge is 0.490 e. The molecule has 2 saturated heterocycles. The van der Waals surface area contributed by atoms with Gasteiger partial charge in [0.05, 0.1) is 29.5 Å². The number of halogens is 6. The van der Waals surface area contributed by atoms with Crippen LogP contribution in [0, 0.1) is 6.92 Å². The fourth-order valence-electron chi connectivity index (χ4n) is 3.60. The van der Waals surface area contributed by atoms with Gasteiger partial charge >= 0.3 is 24.3 Å². The normalized spacial score (nSPS) is 18.9. The Morgan fingerprint density at radius 3 is 2.26 bits per heavy atom. The van der Waals surface area contributed by atoms with Gasteiger partial charge < -0.3 is 19.7 Å². The topological polar surface area (TPSA) is 122 Å². The van der Waals surface area contributed by atoms with Crippen LogP contribution in [0.1, 0.15) is 29.0 Å². The van der Waals surface area contributed by atoms with E-state index in [0.717, 1.165) is 50.3 Å². The predicted octanol–water partition coefficient (Wildman–Crippen LogP) is 4.06. The molecular formula is C22H25F6N3O6S. The molecule has 1 atom stereocenters. The van der Waals surface area contributed by atoms with Gasteiger partial charge in [0.25, 0.3) is 0 Å². The van der Waals surface area contributed by atoms with Crippen LogP contribution in [-0.4, -0.2) is 80.8 Å². The maximum Gasteiger partial charge on any atom is 0.490 e. The average molecular weight is 574 g/mol. The van der Waals surface area contributed by atoms with Crippen LogP contribution >= 0.6 is 11.3 Å². The van der Waals surface area contributed by atoms with Crippen LogP contribution in [0.25, 0.3) is 0 Å². The van der Waals surface area contributed by atoms with E-state index in [1.165, 1.54) is 4.88 Å². The molecule has 0 amide bonds. The van der Waals surface area contributed by atoms with Crippen molar-refractivity contribution < 1.29 is 55.6 Å². The molecule has 2 fully saturated rings. The third kappa shape index (κ3) is 10.2. The molecular weight excluding hydrogens is 548 g/mol. The smallest absolute Gasteiger partial charge is 0.475 e. The van der Waals surface area contributed by atoms with E-state index in [2.05, 4.69) is 27.9 Å². The number of aliphatic carboxylic acids is 2. The van der Waals surface area contributed by atoms with Crippen LogP contribution in [0.3, 0.4) is 0 Å². The highest BCUT2D eigenvalue weighted by atomic mass is 32.1. The van der Waals surface area contributed by atoms with Gasteiger partial charge in [-0.15, -0.1) is 11.3 Å². The summed E-state index contributed by atoms with van der Waals surface area (Å²) in [4.78, 5) is 30.1. The number of carbonyl (C=O) groups is 2. The first kappa shape index (κ1) is 31.4.